The van der Waals surface area contributed by atoms with Gasteiger partial charge in [0.05, 0.1) is 23.1 Å². The average molecular weight is 308 g/mol. The Morgan fingerprint density at radius 3 is 2.76 bits per heavy atom. The first-order chi connectivity index (χ1) is 10.0. The Balaban J connectivity index is 2.42. The van der Waals surface area contributed by atoms with Gasteiger partial charge in [-0.15, -0.1) is 0 Å². The largest absolute Gasteiger partial charge is 0.395 e. The van der Waals surface area contributed by atoms with Crippen molar-refractivity contribution in [3.8, 4) is 6.07 Å². The Morgan fingerprint density at radius 1 is 1.38 bits per heavy atom. The summed E-state index contributed by atoms with van der Waals surface area (Å²) in [5, 5.41) is 18.4. The van der Waals surface area contributed by atoms with E-state index in [1.165, 1.54) is 16.4 Å². The van der Waals surface area contributed by atoms with Crippen LogP contribution < -0.4 is 0 Å². The molecule has 1 heterocycles. The van der Waals surface area contributed by atoms with E-state index in [0.29, 0.717) is 24.1 Å². The molecular formula is C15H20N2O3S. The summed E-state index contributed by atoms with van der Waals surface area (Å²) in [4.78, 5) is 0.224. The monoisotopic (exact) mass is 308 g/mol. The maximum Gasteiger partial charge on any atom is 0.243 e. The topological polar surface area (TPSA) is 81.4 Å². The van der Waals surface area contributed by atoms with Crippen LogP contribution in [-0.4, -0.2) is 37.0 Å². The summed E-state index contributed by atoms with van der Waals surface area (Å²) in [7, 11) is -3.64. The molecule has 5 nitrogen and oxygen atoms in total. The fourth-order valence-corrected chi connectivity index (χ4v) is 4.68. The highest BCUT2D eigenvalue weighted by atomic mass is 32.2. The van der Waals surface area contributed by atoms with E-state index in [1.54, 1.807) is 13.0 Å². The number of aryl methyl sites for hydroxylation is 1. The molecule has 1 aliphatic heterocycles. The second-order valence-corrected chi connectivity index (χ2v) is 7.25. The third-order valence-electron chi connectivity index (χ3n) is 3.92. The molecule has 1 aliphatic rings. The van der Waals surface area contributed by atoms with Crippen molar-refractivity contribution in [2.24, 2.45) is 0 Å². The van der Waals surface area contributed by atoms with E-state index in [-0.39, 0.29) is 17.5 Å². The Morgan fingerprint density at radius 2 is 2.14 bits per heavy atom. The third kappa shape index (κ3) is 3.26. The molecule has 114 valence electrons. The first-order valence-electron chi connectivity index (χ1n) is 7.14. The Labute approximate surface area is 125 Å². The highest BCUT2D eigenvalue weighted by Crippen LogP contribution is 2.27. The number of aliphatic hydroxyl groups is 1. The summed E-state index contributed by atoms with van der Waals surface area (Å²) in [5.41, 5.74) is 1.01. The van der Waals surface area contributed by atoms with Crippen molar-refractivity contribution < 1.29 is 13.5 Å². The lowest BCUT2D eigenvalue weighted by molar-refractivity contribution is 0.186. The Hall–Kier alpha value is -1.42. The average Bonchev–Trinajstić information content (AvgIpc) is 2.72. The number of hydrogen-bond donors (Lipinski definition) is 1. The lowest BCUT2D eigenvalue weighted by atomic mass is 10.1. The zero-order chi connectivity index (χ0) is 15.5. The van der Waals surface area contributed by atoms with Gasteiger partial charge in [-0.05, 0) is 43.5 Å². The molecule has 0 saturated carbocycles. The van der Waals surface area contributed by atoms with Crippen LogP contribution in [0.4, 0.5) is 0 Å². The molecule has 1 atom stereocenters. The molecule has 0 amide bonds. The Bertz CT molecular complexity index is 649. The minimum atomic E-state index is -3.64. The zero-order valence-corrected chi connectivity index (χ0v) is 12.9. The number of nitriles is 1. The maximum atomic E-state index is 12.9. The van der Waals surface area contributed by atoms with Gasteiger partial charge in [0.15, 0.2) is 0 Å². The minimum absolute atomic E-state index is 0.158. The van der Waals surface area contributed by atoms with E-state index in [4.69, 9.17) is 5.26 Å². The van der Waals surface area contributed by atoms with Crippen molar-refractivity contribution in [3.05, 3.63) is 29.3 Å². The molecule has 2 rings (SSSR count). The van der Waals surface area contributed by atoms with Gasteiger partial charge < -0.3 is 5.11 Å². The first kappa shape index (κ1) is 16.0. The minimum Gasteiger partial charge on any atom is -0.395 e. The molecule has 1 N–H and O–H groups in total. The van der Waals surface area contributed by atoms with Crippen LogP contribution in [0.2, 0.25) is 0 Å². The summed E-state index contributed by atoms with van der Waals surface area (Å²) in [6.45, 7) is 1.97. The zero-order valence-electron chi connectivity index (χ0n) is 12.1. The molecule has 0 radical (unpaired) electrons. The van der Waals surface area contributed by atoms with Gasteiger partial charge in [-0.3, -0.25) is 0 Å². The van der Waals surface area contributed by atoms with Crippen molar-refractivity contribution >= 4 is 10.0 Å². The van der Waals surface area contributed by atoms with Crippen LogP contribution in [0.5, 0.6) is 0 Å². The second-order valence-electron chi connectivity index (χ2n) is 5.39. The molecular weight excluding hydrogens is 288 g/mol. The predicted molar refractivity (Wildman–Crippen MR) is 79.1 cm³/mol. The molecule has 1 saturated heterocycles. The highest BCUT2D eigenvalue weighted by Gasteiger charge is 2.32. The van der Waals surface area contributed by atoms with Crippen LogP contribution in [0.1, 0.15) is 36.8 Å². The van der Waals surface area contributed by atoms with E-state index in [2.05, 4.69) is 0 Å². The summed E-state index contributed by atoms with van der Waals surface area (Å²) in [6.07, 6.45) is 3.41. The molecule has 0 aliphatic carbocycles. The van der Waals surface area contributed by atoms with Crippen molar-refractivity contribution in [3.63, 3.8) is 0 Å². The van der Waals surface area contributed by atoms with Gasteiger partial charge in [0.25, 0.3) is 0 Å². The summed E-state index contributed by atoms with van der Waals surface area (Å²) in [6, 6.07) is 6.24. The van der Waals surface area contributed by atoms with Crippen LogP contribution in [-0.2, 0) is 10.0 Å². The standard InChI is InChI=1S/C15H20N2O3S/c1-12-9-13(10-16)6-7-15(12)21(19,20)17-8-4-2-3-5-14(17)11-18/h6-7,9,14,18H,2-5,8,11H2,1H3. The van der Waals surface area contributed by atoms with Gasteiger partial charge in [-0.25, -0.2) is 8.42 Å². The van der Waals surface area contributed by atoms with E-state index in [0.717, 1.165) is 19.3 Å². The van der Waals surface area contributed by atoms with Crippen LogP contribution in [0.25, 0.3) is 0 Å². The molecule has 0 aromatic heterocycles. The van der Waals surface area contributed by atoms with Crippen molar-refractivity contribution in [1.29, 1.82) is 5.26 Å². The quantitative estimate of drug-likeness (QED) is 0.923. The van der Waals surface area contributed by atoms with Gasteiger partial charge in [-0.2, -0.15) is 9.57 Å². The van der Waals surface area contributed by atoms with E-state index < -0.39 is 10.0 Å². The molecule has 1 fully saturated rings. The van der Waals surface area contributed by atoms with Gasteiger partial charge >= 0.3 is 0 Å². The normalized spacial score (nSPS) is 20.7. The molecule has 21 heavy (non-hydrogen) atoms. The van der Waals surface area contributed by atoms with Crippen LogP contribution >= 0.6 is 0 Å². The highest BCUT2D eigenvalue weighted by molar-refractivity contribution is 7.89. The van der Waals surface area contributed by atoms with E-state index >= 15 is 0 Å². The van der Waals surface area contributed by atoms with Gasteiger partial charge in [0.2, 0.25) is 10.0 Å². The second kappa shape index (κ2) is 6.56. The van der Waals surface area contributed by atoms with Crippen LogP contribution in [0.3, 0.4) is 0 Å². The molecule has 0 spiro atoms. The van der Waals surface area contributed by atoms with E-state index in [1.807, 2.05) is 6.07 Å². The Kier molecular flexibility index (Phi) is 4.99. The number of rotatable bonds is 3. The smallest absolute Gasteiger partial charge is 0.243 e. The molecule has 6 heteroatoms. The van der Waals surface area contributed by atoms with Crippen LogP contribution in [0, 0.1) is 18.3 Å². The molecule has 1 unspecified atom stereocenters. The SMILES string of the molecule is Cc1cc(C#N)ccc1S(=O)(=O)N1CCCCCC1CO. The maximum absolute atomic E-state index is 12.9. The summed E-state index contributed by atoms with van der Waals surface area (Å²) >= 11 is 0. The van der Waals surface area contributed by atoms with Crippen molar-refractivity contribution in [2.75, 3.05) is 13.2 Å². The van der Waals surface area contributed by atoms with E-state index in [9.17, 15) is 13.5 Å². The van der Waals surface area contributed by atoms with Gasteiger partial charge in [0.1, 0.15) is 0 Å². The van der Waals surface area contributed by atoms with Crippen molar-refractivity contribution in [2.45, 2.75) is 43.5 Å². The lowest BCUT2D eigenvalue weighted by Gasteiger charge is -2.28. The van der Waals surface area contributed by atoms with Crippen molar-refractivity contribution in [1.82, 2.24) is 4.31 Å². The summed E-state index contributed by atoms with van der Waals surface area (Å²) in [5.74, 6) is 0. The third-order valence-corrected chi connectivity index (χ3v) is 6.04. The van der Waals surface area contributed by atoms with Crippen LogP contribution in [0.15, 0.2) is 23.1 Å². The number of benzene rings is 1. The fourth-order valence-electron chi connectivity index (χ4n) is 2.78. The fraction of sp³-hybridized carbons (Fsp3) is 0.533. The lowest BCUT2D eigenvalue weighted by Crippen LogP contribution is -2.42. The molecule has 1 aromatic carbocycles. The predicted octanol–water partition coefficient (Wildman–Crippen LogP) is 1.79. The molecule has 1 aromatic rings. The summed E-state index contributed by atoms with van der Waals surface area (Å²) < 4.78 is 27.1. The number of sulfonamides is 1. The number of nitrogens with zero attached hydrogens (tertiary/aromatic N) is 2. The first-order valence-corrected chi connectivity index (χ1v) is 8.58. The number of aliphatic hydroxyl groups excluding tert-OH is 1. The van der Waals surface area contributed by atoms with Gasteiger partial charge in [0, 0.05) is 12.6 Å². The number of hydrogen-bond acceptors (Lipinski definition) is 4. The molecule has 0 bridgehead atoms. The van der Waals surface area contributed by atoms with Gasteiger partial charge in [-0.1, -0.05) is 12.8 Å².